The van der Waals surface area contributed by atoms with E-state index in [1.165, 1.54) is 19.2 Å². The number of phenols is 1. The Morgan fingerprint density at radius 1 is 1.14 bits per heavy atom. The number of ketones is 1. The van der Waals surface area contributed by atoms with Crippen LogP contribution in [0.2, 0.25) is 0 Å². The van der Waals surface area contributed by atoms with Crippen LogP contribution >= 0.6 is 15.9 Å². The van der Waals surface area contributed by atoms with Crippen LogP contribution in [0.15, 0.2) is 45.8 Å². The summed E-state index contributed by atoms with van der Waals surface area (Å²) in [5.41, 5.74) is 0.561. The van der Waals surface area contributed by atoms with Crippen LogP contribution in [0.25, 0.3) is 0 Å². The van der Waals surface area contributed by atoms with Crippen LogP contribution in [0.1, 0.15) is 15.9 Å². The van der Waals surface area contributed by atoms with Gasteiger partial charge in [0.1, 0.15) is 10.6 Å². The summed E-state index contributed by atoms with van der Waals surface area (Å²) in [6, 6.07) is 8.90. The summed E-state index contributed by atoms with van der Waals surface area (Å²) < 4.78 is 26.6. The quantitative estimate of drug-likeness (QED) is 0.776. The van der Waals surface area contributed by atoms with Crippen molar-refractivity contribution >= 4 is 37.4 Å². The van der Waals surface area contributed by atoms with Crippen LogP contribution in [-0.2, 0) is 10.0 Å². The van der Waals surface area contributed by atoms with E-state index in [1.54, 1.807) is 24.3 Å². The molecule has 0 fully saturated rings. The largest absolute Gasteiger partial charge is 0.507 e. The van der Waals surface area contributed by atoms with Gasteiger partial charge in [-0.2, -0.15) is 0 Å². The topological polar surface area (TPSA) is 74.7 Å². The predicted molar refractivity (Wildman–Crippen MR) is 81.3 cm³/mol. The van der Waals surface area contributed by atoms with Crippen molar-refractivity contribution < 1.29 is 18.3 Å². The summed E-state index contributed by atoms with van der Waals surface area (Å²) in [5, 5.41) is 9.76. The van der Waals surface area contributed by atoms with Gasteiger partial charge in [-0.15, -0.1) is 0 Å². The zero-order chi connectivity index (χ0) is 15.4. The van der Waals surface area contributed by atoms with Crippen molar-refractivity contribution in [2.75, 3.05) is 11.4 Å². The third-order valence-corrected chi connectivity index (χ3v) is 5.87. The van der Waals surface area contributed by atoms with E-state index < -0.39 is 15.8 Å². The number of hydrogen-bond acceptors (Lipinski definition) is 4. The Morgan fingerprint density at radius 2 is 1.81 bits per heavy atom. The predicted octanol–water partition coefficient (Wildman–Crippen LogP) is 2.52. The molecule has 1 heterocycles. The first-order chi connectivity index (χ1) is 9.84. The highest BCUT2D eigenvalue weighted by Gasteiger charge is 2.34. The molecule has 1 N–H and O–H groups in total. The minimum Gasteiger partial charge on any atom is -0.507 e. The van der Waals surface area contributed by atoms with Crippen molar-refractivity contribution in [2.45, 2.75) is 4.90 Å². The molecule has 5 nitrogen and oxygen atoms in total. The third-order valence-electron chi connectivity index (χ3n) is 3.42. The molecule has 0 aliphatic carbocycles. The SMILES string of the molecule is CN1c2ccccc2C(=O)c2cc(O)c(Br)cc2S1(=O)=O. The Labute approximate surface area is 130 Å². The number of rotatable bonds is 0. The van der Waals surface area contributed by atoms with Gasteiger partial charge in [-0.1, -0.05) is 12.1 Å². The monoisotopic (exact) mass is 367 g/mol. The molecule has 0 amide bonds. The van der Waals surface area contributed by atoms with Crippen LogP contribution in [-0.4, -0.2) is 26.4 Å². The maximum atomic E-state index is 12.7. The van der Waals surface area contributed by atoms with Gasteiger partial charge < -0.3 is 5.11 Å². The van der Waals surface area contributed by atoms with Crippen molar-refractivity contribution in [2.24, 2.45) is 0 Å². The fourth-order valence-electron chi connectivity index (χ4n) is 2.30. The first-order valence-corrected chi connectivity index (χ1v) is 8.22. The molecule has 2 aromatic rings. The lowest BCUT2D eigenvalue weighted by molar-refractivity contribution is 0.103. The van der Waals surface area contributed by atoms with Crippen molar-refractivity contribution in [1.29, 1.82) is 0 Å². The third kappa shape index (κ3) is 1.96. The molecule has 0 saturated carbocycles. The lowest BCUT2D eigenvalue weighted by atomic mass is 10.0. The number of phenolic OH excluding ortho intramolecular Hbond substituents is 1. The second kappa shape index (κ2) is 4.57. The number of halogens is 1. The molecule has 0 spiro atoms. The summed E-state index contributed by atoms with van der Waals surface area (Å²) in [5.74, 6) is -0.615. The number of nitrogens with zero attached hydrogens (tertiary/aromatic N) is 1. The van der Waals surface area contributed by atoms with Gasteiger partial charge in [0.15, 0.2) is 5.78 Å². The van der Waals surface area contributed by atoms with Gasteiger partial charge in [-0.25, -0.2) is 8.42 Å². The second-order valence-corrected chi connectivity index (χ2v) is 7.41. The highest BCUT2D eigenvalue weighted by molar-refractivity contribution is 9.10. The summed E-state index contributed by atoms with van der Waals surface area (Å²) in [4.78, 5) is 12.5. The average molecular weight is 368 g/mol. The van der Waals surface area contributed by atoms with Crippen molar-refractivity contribution in [3.8, 4) is 5.75 Å². The number of aromatic hydroxyl groups is 1. The molecule has 2 aromatic carbocycles. The molecule has 0 bridgehead atoms. The van der Waals surface area contributed by atoms with Gasteiger partial charge in [-0.05, 0) is 40.2 Å². The molecular formula is C14H10BrNO4S. The van der Waals surface area contributed by atoms with E-state index in [0.29, 0.717) is 5.69 Å². The summed E-state index contributed by atoms with van der Waals surface area (Å²) >= 11 is 3.08. The molecule has 3 rings (SSSR count). The van der Waals surface area contributed by atoms with Gasteiger partial charge in [0.25, 0.3) is 10.0 Å². The Balaban J connectivity index is 2.46. The number of anilines is 1. The zero-order valence-corrected chi connectivity index (χ0v) is 13.3. The van der Waals surface area contributed by atoms with Gasteiger partial charge in [0, 0.05) is 18.2 Å². The van der Waals surface area contributed by atoms with E-state index in [1.807, 2.05) is 0 Å². The first-order valence-electron chi connectivity index (χ1n) is 5.99. The van der Waals surface area contributed by atoms with Gasteiger partial charge >= 0.3 is 0 Å². The Bertz CT molecular complexity index is 877. The smallest absolute Gasteiger partial charge is 0.264 e. The van der Waals surface area contributed by atoms with E-state index in [9.17, 15) is 18.3 Å². The number of carbonyl (C=O) groups is 1. The highest BCUT2D eigenvalue weighted by atomic mass is 79.9. The molecule has 1 aliphatic rings. The number of para-hydroxylation sites is 1. The lowest BCUT2D eigenvalue weighted by Gasteiger charge is -2.19. The van der Waals surface area contributed by atoms with Crippen molar-refractivity contribution in [3.05, 3.63) is 52.0 Å². The van der Waals surface area contributed by atoms with Crippen LogP contribution in [0.3, 0.4) is 0 Å². The minimum absolute atomic E-state index is 0.0347. The second-order valence-electron chi connectivity index (χ2n) is 4.62. The minimum atomic E-state index is -3.87. The fourth-order valence-corrected chi connectivity index (χ4v) is 4.20. The lowest BCUT2D eigenvalue weighted by Crippen LogP contribution is -2.26. The van der Waals surface area contributed by atoms with E-state index in [4.69, 9.17) is 0 Å². The summed E-state index contributed by atoms with van der Waals surface area (Å²) in [6.07, 6.45) is 0. The summed E-state index contributed by atoms with van der Waals surface area (Å²) in [6.45, 7) is 0. The van der Waals surface area contributed by atoms with E-state index in [2.05, 4.69) is 15.9 Å². The van der Waals surface area contributed by atoms with Gasteiger partial charge in [0.2, 0.25) is 0 Å². The van der Waals surface area contributed by atoms with E-state index >= 15 is 0 Å². The molecule has 0 radical (unpaired) electrons. The Hall–Kier alpha value is -1.86. The molecule has 1 aliphatic heterocycles. The normalized spacial score (nSPS) is 16.1. The maximum Gasteiger partial charge on any atom is 0.264 e. The zero-order valence-electron chi connectivity index (χ0n) is 10.9. The molecule has 21 heavy (non-hydrogen) atoms. The van der Waals surface area contributed by atoms with Crippen molar-refractivity contribution in [1.82, 2.24) is 0 Å². The number of carbonyl (C=O) groups excluding carboxylic acids is 1. The number of hydrogen-bond donors (Lipinski definition) is 1. The molecule has 7 heteroatoms. The van der Waals surface area contributed by atoms with Gasteiger partial charge in [0.05, 0.1) is 10.2 Å². The van der Waals surface area contributed by atoms with Crippen LogP contribution in [0.4, 0.5) is 5.69 Å². The molecular weight excluding hydrogens is 358 g/mol. The molecule has 0 atom stereocenters. The van der Waals surface area contributed by atoms with E-state index in [0.717, 1.165) is 4.31 Å². The number of benzene rings is 2. The number of fused-ring (bicyclic) bond motifs is 2. The van der Waals surface area contributed by atoms with Crippen LogP contribution in [0.5, 0.6) is 5.75 Å². The molecule has 0 unspecified atom stereocenters. The molecule has 0 aromatic heterocycles. The maximum absolute atomic E-state index is 12.7. The standard InChI is InChI=1S/C14H10BrNO4S/c1-16-11-5-3-2-4-8(11)14(18)9-6-12(17)10(15)7-13(9)21(16,19)20/h2-7,17H,1H3. The Kier molecular flexibility index (Phi) is 3.07. The van der Waals surface area contributed by atoms with Crippen molar-refractivity contribution in [3.63, 3.8) is 0 Å². The Morgan fingerprint density at radius 3 is 2.52 bits per heavy atom. The first kappa shape index (κ1) is 14.1. The van der Waals surface area contributed by atoms with Gasteiger partial charge in [-0.3, -0.25) is 9.10 Å². The summed E-state index contributed by atoms with van der Waals surface area (Å²) in [7, 11) is -2.47. The van der Waals surface area contributed by atoms with E-state index in [-0.39, 0.29) is 26.2 Å². The number of sulfonamides is 1. The molecule has 108 valence electrons. The fraction of sp³-hybridized carbons (Fsp3) is 0.0714. The van der Waals surface area contributed by atoms with Crippen LogP contribution < -0.4 is 4.31 Å². The highest BCUT2D eigenvalue weighted by Crippen LogP contribution is 2.38. The van der Waals surface area contributed by atoms with Crippen LogP contribution in [0, 0.1) is 0 Å². The average Bonchev–Trinajstić information content (AvgIpc) is 2.52. The molecule has 0 saturated heterocycles.